The zero-order chi connectivity index (χ0) is 14.0. The second kappa shape index (κ2) is 5.36. The van der Waals surface area contributed by atoms with Gasteiger partial charge in [0.2, 0.25) is 0 Å². The Morgan fingerprint density at radius 3 is 2.63 bits per heavy atom. The Morgan fingerprint density at radius 2 is 2.00 bits per heavy atom. The minimum atomic E-state index is -1.11. The van der Waals surface area contributed by atoms with Crippen LogP contribution in [0.4, 0.5) is 4.79 Å². The molecular formula is C13H22N2O4. The Kier molecular flexibility index (Phi) is 3.99. The number of aliphatic hydroxyl groups excluding tert-OH is 1. The second-order valence-electron chi connectivity index (χ2n) is 5.64. The van der Waals surface area contributed by atoms with E-state index in [-0.39, 0.29) is 18.7 Å². The van der Waals surface area contributed by atoms with E-state index in [1.807, 2.05) is 0 Å². The minimum Gasteiger partial charge on any atom is -0.480 e. The highest BCUT2D eigenvalue weighted by Gasteiger charge is 2.46. The lowest BCUT2D eigenvalue weighted by molar-refractivity contribution is -0.150. The van der Waals surface area contributed by atoms with E-state index in [4.69, 9.17) is 0 Å². The van der Waals surface area contributed by atoms with Gasteiger partial charge in [-0.1, -0.05) is 0 Å². The summed E-state index contributed by atoms with van der Waals surface area (Å²) in [6.07, 6.45) is 3.82. The zero-order valence-electron chi connectivity index (χ0n) is 11.3. The topological polar surface area (TPSA) is 81.1 Å². The van der Waals surface area contributed by atoms with Gasteiger partial charge in [0, 0.05) is 13.1 Å². The minimum absolute atomic E-state index is 0.0522. The van der Waals surface area contributed by atoms with E-state index in [2.05, 4.69) is 0 Å². The summed E-state index contributed by atoms with van der Waals surface area (Å²) in [7, 11) is 0. The standard InChI is InChI=1S/C13H22N2O4/c1-13(11(17)18)6-2-3-8-15(13)12(19)14-7-4-5-10(14)9-16/h10,16H,2-9H2,1H3,(H,17,18). The van der Waals surface area contributed by atoms with Gasteiger partial charge in [-0.25, -0.2) is 9.59 Å². The summed E-state index contributed by atoms with van der Waals surface area (Å²) >= 11 is 0. The van der Waals surface area contributed by atoms with Crippen LogP contribution in [0.3, 0.4) is 0 Å². The predicted octanol–water partition coefficient (Wildman–Crippen LogP) is 0.892. The van der Waals surface area contributed by atoms with Crippen LogP contribution in [-0.2, 0) is 4.79 Å². The number of nitrogens with zero attached hydrogens (tertiary/aromatic N) is 2. The zero-order valence-corrected chi connectivity index (χ0v) is 11.3. The fourth-order valence-corrected chi connectivity index (χ4v) is 3.08. The third-order valence-corrected chi connectivity index (χ3v) is 4.42. The molecule has 0 bridgehead atoms. The first kappa shape index (κ1) is 14.1. The van der Waals surface area contributed by atoms with Gasteiger partial charge in [0.25, 0.3) is 0 Å². The molecule has 0 aromatic heterocycles. The van der Waals surface area contributed by atoms with Crippen molar-refractivity contribution in [2.45, 2.75) is 50.6 Å². The average Bonchev–Trinajstić information content (AvgIpc) is 2.86. The fourth-order valence-electron chi connectivity index (χ4n) is 3.08. The molecule has 2 aliphatic heterocycles. The number of carbonyl (C=O) groups is 2. The summed E-state index contributed by atoms with van der Waals surface area (Å²) in [5.41, 5.74) is -1.11. The van der Waals surface area contributed by atoms with Gasteiger partial charge in [0.15, 0.2) is 0 Å². The van der Waals surface area contributed by atoms with Crippen molar-refractivity contribution >= 4 is 12.0 Å². The van der Waals surface area contributed by atoms with E-state index in [1.54, 1.807) is 11.8 Å². The number of piperidine rings is 1. The molecule has 0 spiro atoms. The van der Waals surface area contributed by atoms with Crippen LogP contribution in [0.15, 0.2) is 0 Å². The highest BCUT2D eigenvalue weighted by molar-refractivity contribution is 5.86. The number of likely N-dealkylation sites (tertiary alicyclic amines) is 2. The molecule has 2 rings (SSSR count). The number of urea groups is 1. The summed E-state index contributed by atoms with van der Waals surface area (Å²) in [6.45, 7) is 2.66. The van der Waals surface area contributed by atoms with Gasteiger partial charge in [-0.15, -0.1) is 0 Å². The molecule has 2 aliphatic rings. The van der Waals surface area contributed by atoms with Gasteiger partial charge in [0.05, 0.1) is 12.6 Å². The van der Waals surface area contributed by atoms with Crippen molar-refractivity contribution in [3.05, 3.63) is 0 Å². The van der Waals surface area contributed by atoms with Crippen molar-refractivity contribution in [2.24, 2.45) is 0 Å². The summed E-state index contributed by atoms with van der Waals surface area (Å²) in [6, 6.07) is -0.395. The highest BCUT2D eigenvalue weighted by atomic mass is 16.4. The van der Waals surface area contributed by atoms with Crippen LogP contribution < -0.4 is 0 Å². The maximum absolute atomic E-state index is 12.6. The van der Waals surface area contributed by atoms with Crippen molar-refractivity contribution in [3.8, 4) is 0 Å². The van der Waals surface area contributed by atoms with Crippen LogP contribution in [0, 0.1) is 0 Å². The largest absolute Gasteiger partial charge is 0.480 e. The number of amides is 2. The normalized spacial score (nSPS) is 31.6. The molecule has 0 aliphatic carbocycles. The molecule has 0 aromatic rings. The molecule has 2 amide bonds. The maximum atomic E-state index is 12.6. The van der Waals surface area contributed by atoms with Crippen LogP contribution in [0.1, 0.15) is 39.0 Å². The fraction of sp³-hybridized carbons (Fsp3) is 0.846. The van der Waals surface area contributed by atoms with Gasteiger partial charge in [-0.3, -0.25) is 0 Å². The predicted molar refractivity (Wildman–Crippen MR) is 68.8 cm³/mol. The molecule has 2 atom stereocenters. The van der Waals surface area contributed by atoms with Gasteiger partial charge in [-0.05, 0) is 39.0 Å². The third-order valence-electron chi connectivity index (χ3n) is 4.42. The number of carbonyl (C=O) groups excluding carboxylic acids is 1. The Hall–Kier alpha value is -1.30. The van der Waals surface area contributed by atoms with Crippen LogP contribution in [0.25, 0.3) is 0 Å². The SMILES string of the molecule is CC1(C(=O)O)CCCCN1C(=O)N1CCCC1CO. The molecule has 6 heteroatoms. The quantitative estimate of drug-likeness (QED) is 0.781. The molecule has 19 heavy (non-hydrogen) atoms. The summed E-state index contributed by atoms with van der Waals surface area (Å²) in [4.78, 5) is 27.2. The summed E-state index contributed by atoms with van der Waals surface area (Å²) in [5.74, 6) is -0.944. The number of aliphatic hydroxyl groups is 1. The van der Waals surface area contributed by atoms with Crippen molar-refractivity contribution < 1.29 is 19.8 Å². The molecule has 0 radical (unpaired) electrons. The molecule has 2 N–H and O–H groups in total. The highest BCUT2D eigenvalue weighted by Crippen LogP contribution is 2.31. The maximum Gasteiger partial charge on any atom is 0.329 e. The van der Waals surface area contributed by atoms with E-state index >= 15 is 0 Å². The molecule has 108 valence electrons. The van der Waals surface area contributed by atoms with E-state index in [1.165, 1.54) is 4.90 Å². The molecule has 6 nitrogen and oxygen atoms in total. The monoisotopic (exact) mass is 270 g/mol. The van der Waals surface area contributed by atoms with Crippen LogP contribution in [0.2, 0.25) is 0 Å². The second-order valence-corrected chi connectivity index (χ2v) is 5.64. The van der Waals surface area contributed by atoms with E-state index in [0.29, 0.717) is 19.5 Å². The van der Waals surface area contributed by atoms with Gasteiger partial charge < -0.3 is 20.0 Å². The molecule has 0 saturated carbocycles. The van der Waals surface area contributed by atoms with Crippen molar-refractivity contribution in [1.82, 2.24) is 9.80 Å². The van der Waals surface area contributed by atoms with Gasteiger partial charge in [0.1, 0.15) is 5.54 Å². The van der Waals surface area contributed by atoms with E-state index in [0.717, 1.165) is 25.7 Å². The van der Waals surface area contributed by atoms with Crippen LogP contribution in [-0.4, -0.2) is 63.3 Å². The number of carboxylic acid groups (broad SMARTS) is 1. The first-order valence-corrected chi connectivity index (χ1v) is 6.93. The molecule has 2 heterocycles. The van der Waals surface area contributed by atoms with Crippen LogP contribution >= 0.6 is 0 Å². The number of carboxylic acids is 1. The molecular weight excluding hydrogens is 248 g/mol. The Morgan fingerprint density at radius 1 is 1.26 bits per heavy atom. The lowest BCUT2D eigenvalue weighted by Gasteiger charge is -2.44. The number of hydrogen-bond donors (Lipinski definition) is 2. The Labute approximate surface area is 113 Å². The molecule has 2 saturated heterocycles. The molecule has 2 unspecified atom stereocenters. The van der Waals surface area contributed by atoms with Crippen molar-refractivity contribution in [2.75, 3.05) is 19.7 Å². The molecule has 0 aromatic carbocycles. The Balaban J connectivity index is 2.18. The number of aliphatic carboxylic acids is 1. The Bertz CT molecular complexity index is 374. The summed E-state index contributed by atoms with van der Waals surface area (Å²) in [5, 5.41) is 18.7. The van der Waals surface area contributed by atoms with E-state index in [9.17, 15) is 19.8 Å². The lowest BCUT2D eigenvalue weighted by atomic mass is 9.89. The first-order chi connectivity index (χ1) is 9.00. The first-order valence-electron chi connectivity index (χ1n) is 6.93. The van der Waals surface area contributed by atoms with Crippen molar-refractivity contribution in [1.29, 1.82) is 0 Å². The van der Waals surface area contributed by atoms with Gasteiger partial charge in [-0.2, -0.15) is 0 Å². The molecule has 2 fully saturated rings. The summed E-state index contributed by atoms with van der Waals surface area (Å²) < 4.78 is 0. The third kappa shape index (κ3) is 2.41. The number of rotatable bonds is 2. The smallest absolute Gasteiger partial charge is 0.329 e. The van der Waals surface area contributed by atoms with Crippen molar-refractivity contribution in [3.63, 3.8) is 0 Å². The lowest BCUT2D eigenvalue weighted by Crippen LogP contribution is -2.61. The number of hydrogen-bond acceptors (Lipinski definition) is 3. The average molecular weight is 270 g/mol. The van der Waals surface area contributed by atoms with Crippen LogP contribution in [0.5, 0.6) is 0 Å². The van der Waals surface area contributed by atoms with E-state index < -0.39 is 11.5 Å². The van der Waals surface area contributed by atoms with Gasteiger partial charge >= 0.3 is 12.0 Å².